The van der Waals surface area contributed by atoms with Crippen molar-refractivity contribution in [3.63, 3.8) is 0 Å². The van der Waals surface area contributed by atoms with Crippen molar-refractivity contribution in [1.82, 2.24) is 4.90 Å². The number of amidine groups is 1. The number of methoxy groups -OCH3 is 1. The third-order valence-corrected chi connectivity index (χ3v) is 2.73. The fourth-order valence-corrected chi connectivity index (χ4v) is 2.04. The predicted molar refractivity (Wildman–Crippen MR) is 54.5 cm³/mol. The fraction of sp³-hybridized carbons (Fsp3) is 0.889. The van der Waals surface area contributed by atoms with Crippen LogP contribution in [0.1, 0.15) is 19.8 Å². The van der Waals surface area contributed by atoms with Gasteiger partial charge in [-0.2, -0.15) is 0 Å². The summed E-state index contributed by atoms with van der Waals surface area (Å²) in [4.78, 5) is 2.22. The molecule has 2 unspecified atom stereocenters. The van der Waals surface area contributed by atoms with Gasteiger partial charge in [-0.1, -0.05) is 5.16 Å². The highest BCUT2D eigenvalue weighted by Gasteiger charge is 2.31. The van der Waals surface area contributed by atoms with Crippen molar-refractivity contribution in [2.45, 2.75) is 31.8 Å². The predicted octanol–water partition coefficient (Wildman–Crippen LogP) is 0.232. The molecule has 0 spiro atoms. The maximum atomic E-state index is 8.63. The molecule has 1 fully saturated rings. The quantitative estimate of drug-likeness (QED) is 0.296. The lowest BCUT2D eigenvalue weighted by molar-refractivity contribution is 0.104. The second-order valence-electron chi connectivity index (χ2n) is 3.73. The van der Waals surface area contributed by atoms with E-state index in [-0.39, 0.29) is 6.04 Å². The van der Waals surface area contributed by atoms with Gasteiger partial charge in [-0.05, 0) is 26.3 Å². The van der Waals surface area contributed by atoms with Gasteiger partial charge >= 0.3 is 0 Å². The van der Waals surface area contributed by atoms with E-state index in [0.29, 0.717) is 18.5 Å². The average Bonchev–Trinajstić information content (AvgIpc) is 2.65. The summed E-state index contributed by atoms with van der Waals surface area (Å²) in [6.45, 7) is 3.76. The summed E-state index contributed by atoms with van der Waals surface area (Å²) in [5, 5.41) is 11.7. The SMILES string of the molecule is COCC(C)N1CCCC1C(N)=NO. The number of nitrogens with two attached hydrogens (primary N) is 1. The number of likely N-dealkylation sites (tertiary alicyclic amines) is 1. The summed E-state index contributed by atoms with van der Waals surface area (Å²) < 4.78 is 5.09. The van der Waals surface area contributed by atoms with Crippen molar-refractivity contribution in [2.75, 3.05) is 20.3 Å². The van der Waals surface area contributed by atoms with Crippen LogP contribution in [0.25, 0.3) is 0 Å². The first-order valence-electron chi connectivity index (χ1n) is 4.92. The smallest absolute Gasteiger partial charge is 0.156 e. The largest absolute Gasteiger partial charge is 0.409 e. The molecule has 5 nitrogen and oxygen atoms in total. The van der Waals surface area contributed by atoms with Crippen LogP contribution in [-0.4, -0.2) is 48.3 Å². The normalized spacial score (nSPS) is 26.7. The summed E-state index contributed by atoms with van der Waals surface area (Å²) >= 11 is 0. The van der Waals surface area contributed by atoms with Crippen molar-refractivity contribution in [2.24, 2.45) is 10.9 Å². The van der Waals surface area contributed by atoms with Gasteiger partial charge in [-0.25, -0.2) is 0 Å². The Hall–Kier alpha value is -0.810. The Balaban J connectivity index is 2.59. The summed E-state index contributed by atoms with van der Waals surface area (Å²) in [5.41, 5.74) is 5.62. The van der Waals surface area contributed by atoms with Gasteiger partial charge in [0.15, 0.2) is 5.84 Å². The molecule has 1 aliphatic heterocycles. The number of hydrogen-bond donors (Lipinski definition) is 2. The molecule has 3 N–H and O–H groups in total. The van der Waals surface area contributed by atoms with Crippen LogP contribution in [0.5, 0.6) is 0 Å². The molecule has 1 saturated heterocycles. The molecule has 0 saturated carbocycles. The Labute approximate surface area is 84.5 Å². The van der Waals surface area contributed by atoms with Crippen LogP contribution in [0.15, 0.2) is 5.16 Å². The second kappa shape index (κ2) is 5.17. The molecule has 2 atom stereocenters. The molecule has 0 aromatic rings. The molecule has 5 heteroatoms. The molecule has 0 aromatic heterocycles. The van der Waals surface area contributed by atoms with Gasteiger partial charge in [0.2, 0.25) is 0 Å². The standard InChI is InChI=1S/C9H19N3O2/c1-7(6-14-2)12-5-3-4-8(12)9(10)11-13/h7-8,13H,3-6H2,1-2H3,(H2,10,11). The summed E-state index contributed by atoms with van der Waals surface area (Å²) in [6.07, 6.45) is 2.05. The highest BCUT2D eigenvalue weighted by molar-refractivity contribution is 5.85. The maximum absolute atomic E-state index is 8.63. The van der Waals surface area contributed by atoms with Gasteiger partial charge in [-0.3, -0.25) is 4.90 Å². The molecule has 82 valence electrons. The number of nitrogens with zero attached hydrogens (tertiary/aromatic N) is 2. The van der Waals surface area contributed by atoms with Crippen LogP contribution in [0, 0.1) is 0 Å². The van der Waals surface area contributed by atoms with Crippen LogP contribution >= 0.6 is 0 Å². The Bertz CT molecular complexity index is 208. The maximum Gasteiger partial charge on any atom is 0.156 e. The molecular weight excluding hydrogens is 182 g/mol. The van der Waals surface area contributed by atoms with Crippen molar-refractivity contribution >= 4 is 5.84 Å². The Kier molecular flexibility index (Phi) is 4.16. The fourth-order valence-electron chi connectivity index (χ4n) is 2.04. The van der Waals surface area contributed by atoms with Crippen molar-refractivity contribution < 1.29 is 9.94 Å². The summed E-state index contributed by atoms with van der Waals surface area (Å²) in [5.74, 6) is 0.311. The van der Waals surface area contributed by atoms with E-state index in [1.54, 1.807) is 7.11 Å². The number of oxime groups is 1. The van der Waals surface area contributed by atoms with Crippen LogP contribution in [0.3, 0.4) is 0 Å². The lowest BCUT2D eigenvalue weighted by atomic mass is 10.2. The minimum atomic E-state index is 0.0742. The number of hydrogen-bond acceptors (Lipinski definition) is 4. The Morgan fingerprint density at radius 1 is 1.79 bits per heavy atom. The molecule has 1 aliphatic rings. The van der Waals surface area contributed by atoms with Crippen molar-refractivity contribution in [1.29, 1.82) is 0 Å². The molecule has 0 amide bonds. The zero-order chi connectivity index (χ0) is 10.6. The molecule has 0 aromatic carbocycles. The van der Waals surface area contributed by atoms with Gasteiger partial charge < -0.3 is 15.7 Å². The first-order valence-corrected chi connectivity index (χ1v) is 4.92. The van der Waals surface area contributed by atoms with E-state index >= 15 is 0 Å². The zero-order valence-corrected chi connectivity index (χ0v) is 8.81. The number of rotatable bonds is 4. The van der Waals surface area contributed by atoms with Gasteiger partial charge in [0.05, 0.1) is 12.6 Å². The molecule has 0 radical (unpaired) electrons. The van der Waals surface area contributed by atoms with E-state index in [2.05, 4.69) is 17.0 Å². The lowest BCUT2D eigenvalue weighted by Crippen LogP contribution is -2.46. The average molecular weight is 201 g/mol. The first-order chi connectivity index (χ1) is 6.70. The number of ether oxygens (including phenoxy) is 1. The van der Waals surface area contributed by atoms with E-state index < -0.39 is 0 Å². The van der Waals surface area contributed by atoms with Crippen molar-refractivity contribution in [3.05, 3.63) is 0 Å². The highest BCUT2D eigenvalue weighted by Crippen LogP contribution is 2.20. The Morgan fingerprint density at radius 3 is 3.07 bits per heavy atom. The third-order valence-electron chi connectivity index (χ3n) is 2.73. The first kappa shape index (κ1) is 11.3. The van der Waals surface area contributed by atoms with Gasteiger partial charge in [0.25, 0.3) is 0 Å². The molecule has 14 heavy (non-hydrogen) atoms. The van der Waals surface area contributed by atoms with Crippen LogP contribution in [0.4, 0.5) is 0 Å². The zero-order valence-electron chi connectivity index (χ0n) is 8.81. The summed E-state index contributed by atoms with van der Waals surface area (Å²) in [7, 11) is 1.69. The van der Waals surface area contributed by atoms with E-state index in [0.717, 1.165) is 19.4 Å². The summed E-state index contributed by atoms with van der Waals surface area (Å²) in [6, 6.07) is 0.387. The van der Waals surface area contributed by atoms with E-state index in [9.17, 15) is 0 Å². The molecule has 1 rings (SSSR count). The van der Waals surface area contributed by atoms with E-state index in [1.165, 1.54) is 0 Å². The van der Waals surface area contributed by atoms with Crippen LogP contribution in [-0.2, 0) is 4.74 Å². The van der Waals surface area contributed by atoms with Gasteiger partial charge in [0, 0.05) is 13.2 Å². The topological polar surface area (TPSA) is 71.1 Å². The van der Waals surface area contributed by atoms with E-state index in [1.807, 2.05) is 0 Å². The van der Waals surface area contributed by atoms with Crippen molar-refractivity contribution in [3.8, 4) is 0 Å². The lowest BCUT2D eigenvalue weighted by Gasteiger charge is -2.29. The Morgan fingerprint density at radius 2 is 2.50 bits per heavy atom. The van der Waals surface area contributed by atoms with E-state index in [4.69, 9.17) is 15.7 Å². The minimum Gasteiger partial charge on any atom is -0.409 e. The molecular formula is C9H19N3O2. The van der Waals surface area contributed by atoms with Crippen LogP contribution < -0.4 is 5.73 Å². The molecule has 1 heterocycles. The monoisotopic (exact) mass is 201 g/mol. The molecule has 0 aliphatic carbocycles. The van der Waals surface area contributed by atoms with Gasteiger partial charge in [0.1, 0.15) is 0 Å². The third kappa shape index (κ3) is 2.36. The minimum absolute atomic E-state index is 0.0742. The second-order valence-corrected chi connectivity index (χ2v) is 3.73. The van der Waals surface area contributed by atoms with Crippen LogP contribution in [0.2, 0.25) is 0 Å². The van der Waals surface area contributed by atoms with Gasteiger partial charge in [-0.15, -0.1) is 0 Å². The molecule has 0 bridgehead atoms. The highest BCUT2D eigenvalue weighted by atomic mass is 16.5.